The van der Waals surface area contributed by atoms with E-state index in [0.717, 1.165) is 6.92 Å². The number of halogens is 2. The summed E-state index contributed by atoms with van der Waals surface area (Å²) in [4.78, 5) is 0. The van der Waals surface area contributed by atoms with E-state index in [2.05, 4.69) is 0 Å². The lowest BCUT2D eigenvalue weighted by Gasteiger charge is -1.81. The van der Waals surface area contributed by atoms with Gasteiger partial charge in [-0.25, -0.2) is 8.78 Å². The Kier molecular flexibility index (Phi) is 2.06. The van der Waals surface area contributed by atoms with E-state index in [1.165, 1.54) is 0 Å². The van der Waals surface area contributed by atoms with Crippen LogP contribution in [0.2, 0.25) is 0 Å². The summed E-state index contributed by atoms with van der Waals surface area (Å²) in [7, 11) is 0. The molecule has 0 bridgehead atoms. The number of rotatable bonds is 1. The van der Waals surface area contributed by atoms with E-state index in [0.29, 0.717) is 0 Å². The summed E-state index contributed by atoms with van der Waals surface area (Å²) in [6.45, 7) is 1.12. The third-order valence-electron chi connectivity index (χ3n) is 0.174. The number of hydrogen-bond donors (Lipinski definition) is 0. The van der Waals surface area contributed by atoms with Gasteiger partial charge in [0.1, 0.15) is 6.17 Å². The Morgan fingerprint density at radius 3 is 2.00 bits per heavy atom. The highest BCUT2D eigenvalue weighted by Gasteiger charge is 1.90. The molecule has 0 spiro atoms. The summed E-state index contributed by atoms with van der Waals surface area (Å²) in [5.41, 5.74) is 0. The summed E-state index contributed by atoms with van der Waals surface area (Å²) in [6, 6.07) is 0. The topological polar surface area (TPSA) is 0 Å². The fraction of sp³-hybridized carbons (Fsp3) is 0.667. The molecule has 0 aliphatic carbocycles. The average Bonchev–Trinajstić information content (AvgIpc) is 1.38. The normalized spacial score (nSPS) is 15.0. The van der Waals surface area contributed by atoms with Crippen molar-refractivity contribution >= 4 is 0 Å². The van der Waals surface area contributed by atoms with Gasteiger partial charge in [0.05, 0.1) is 0 Å². The van der Waals surface area contributed by atoms with Gasteiger partial charge < -0.3 is 0 Å². The van der Waals surface area contributed by atoms with Gasteiger partial charge in [0.2, 0.25) is 0 Å². The molecule has 0 rings (SSSR count). The minimum absolute atomic E-state index is 0. The van der Waals surface area contributed by atoms with Crippen LogP contribution >= 0.6 is 0 Å². The summed E-state index contributed by atoms with van der Waals surface area (Å²) in [6.07, 6.45) is -1.41. The Hall–Kier alpha value is -0.140. The highest BCUT2D eigenvalue weighted by Crippen LogP contribution is 1.91. The van der Waals surface area contributed by atoms with Gasteiger partial charge in [-0.15, -0.1) is 0 Å². The lowest BCUT2D eigenvalue weighted by molar-refractivity contribution is 0.341. The quantitative estimate of drug-likeness (QED) is 0.446. The summed E-state index contributed by atoms with van der Waals surface area (Å²) in [5.74, 6) is 0. The van der Waals surface area contributed by atoms with Crippen molar-refractivity contribution < 1.29 is 8.78 Å². The molecule has 0 amide bonds. The molecule has 0 saturated carbocycles. The zero-order chi connectivity index (χ0) is 4.28. The van der Waals surface area contributed by atoms with E-state index in [1.54, 1.807) is 0 Å². The second-order valence-corrected chi connectivity index (χ2v) is 0.804. The summed E-state index contributed by atoms with van der Waals surface area (Å²) < 4.78 is 21.6. The van der Waals surface area contributed by atoms with Crippen molar-refractivity contribution in [1.29, 1.82) is 0 Å². The molecule has 5 heavy (non-hydrogen) atoms. The average molecular weight is 79.1 g/mol. The van der Waals surface area contributed by atoms with E-state index < -0.39 is 6.17 Å². The minimum atomic E-state index is -1.41. The van der Waals surface area contributed by atoms with Crippen molar-refractivity contribution in [2.75, 3.05) is 0 Å². The van der Waals surface area contributed by atoms with Crippen molar-refractivity contribution in [3.8, 4) is 0 Å². The molecule has 1 unspecified atom stereocenters. The van der Waals surface area contributed by atoms with Gasteiger partial charge in [-0.3, -0.25) is 0 Å². The van der Waals surface area contributed by atoms with Gasteiger partial charge in [-0.1, -0.05) is 0 Å². The van der Waals surface area contributed by atoms with Crippen LogP contribution in [0, 0.1) is 6.67 Å². The van der Waals surface area contributed by atoms with Gasteiger partial charge in [0.15, 0.2) is 6.67 Å². The molecule has 0 heterocycles. The second kappa shape index (κ2) is 2.12. The molecule has 0 aromatic heterocycles. The van der Waals surface area contributed by atoms with Crippen LogP contribution in [0.25, 0.3) is 0 Å². The molecule has 0 aliphatic heterocycles. The highest BCUT2D eigenvalue weighted by atomic mass is 19.2. The molecule has 2 heteroatoms. The van der Waals surface area contributed by atoms with Crippen molar-refractivity contribution in [2.24, 2.45) is 0 Å². The fourth-order valence-corrected chi connectivity index (χ4v) is 0. The van der Waals surface area contributed by atoms with E-state index in [9.17, 15) is 8.78 Å². The van der Waals surface area contributed by atoms with E-state index in [1.807, 2.05) is 0 Å². The number of alkyl halides is 1. The zero-order valence-electron chi connectivity index (χ0n) is 2.91. The smallest absolute Gasteiger partial charge is 0.165 e. The molecule has 0 fully saturated rings. The van der Waals surface area contributed by atoms with Crippen LogP contribution in [0.1, 0.15) is 6.92 Å². The molecular formula is C3H5F2. The predicted molar refractivity (Wildman–Crippen MR) is 16.0 cm³/mol. The molecule has 0 saturated heterocycles. The lowest BCUT2D eigenvalue weighted by Crippen LogP contribution is -1.83. The molecule has 0 aromatic rings. The van der Waals surface area contributed by atoms with Crippen LogP contribution in [0.4, 0.5) is 8.78 Å². The summed E-state index contributed by atoms with van der Waals surface area (Å²) in [5, 5.41) is 0. The van der Waals surface area contributed by atoms with E-state index in [4.69, 9.17) is 0 Å². The molecule has 0 N–H and O–H groups in total. The molecule has 0 aliphatic rings. The van der Waals surface area contributed by atoms with Gasteiger partial charge in [0.25, 0.3) is 0 Å². The Morgan fingerprint density at radius 2 is 2.00 bits per heavy atom. The highest BCUT2D eigenvalue weighted by molar-refractivity contribution is 4.53. The Labute approximate surface area is 29.8 Å². The molecule has 0 aromatic carbocycles. The Morgan fingerprint density at radius 1 is 1.80 bits per heavy atom. The fourth-order valence-electron chi connectivity index (χ4n) is 0. The molecule has 1 atom stereocenters. The van der Waals surface area contributed by atoms with Gasteiger partial charge in [-0.2, -0.15) is 0 Å². The molecule has 31 valence electrons. The van der Waals surface area contributed by atoms with Gasteiger partial charge >= 0.3 is 0 Å². The van der Waals surface area contributed by atoms with E-state index >= 15 is 0 Å². The first-order valence-electron chi connectivity index (χ1n) is 1.35. The third-order valence-corrected chi connectivity index (χ3v) is 0.174. The lowest BCUT2D eigenvalue weighted by atomic mass is 10.5. The third kappa shape index (κ3) is 3.86. The zero-order valence-corrected chi connectivity index (χ0v) is 2.91. The SMILES string of the molecule is CC(F)[CH]F. The minimum Gasteiger partial charge on any atom is -0.244 e. The monoisotopic (exact) mass is 79.0 g/mol. The van der Waals surface area contributed by atoms with Gasteiger partial charge in [0, 0.05) is 0 Å². The molecule has 0 nitrogen and oxygen atoms in total. The first-order valence-corrected chi connectivity index (χ1v) is 1.35. The molecule has 1 radical (unpaired) electrons. The number of hydrogen-bond acceptors (Lipinski definition) is 0. The second-order valence-electron chi connectivity index (χ2n) is 0.804. The molecular weight excluding hydrogens is 74.0 g/mol. The van der Waals surface area contributed by atoms with Crippen molar-refractivity contribution in [3.63, 3.8) is 0 Å². The van der Waals surface area contributed by atoms with Crippen molar-refractivity contribution in [1.82, 2.24) is 0 Å². The van der Waals surface area contributed by atoms with Crippen molar-refractivity contribution in [2.45, 2.75) is 13.1 Å². The van der Waals surface area contributed by atoms with Gasteiger partial charge in [-0.05, 0) is 6.92 Å². The van der Waals surface area contributed by atoms with E-state index in [-0.39, 0.29) is 6.67 Å². The summed E-state index contributed by atoms with van der Waals surface area (Å²) >= 11 is 0. The largest absolute Gasteiger partial charge is 0.244 e. The Bertz CT molecular complexity index is 18.9. The van der Waals surface area contributed by atoms with Crippen molar-refractivity contribution in [3.05, 3.63) is 6.67 Å². The predicted octanol–water partition coefficient (Wildman–Crippen LogP) is 1.48. The first-order chi connectivity index (χ1) is 2.27. The van der Waals surface area contributed by atoms with Crippen LogP contribution in [0.5, 0.6) is 0 Å². The van der Waals surface area contributed by atoms with Crippen LogP contribution in [-0.2, 0) is 0 Å². The van der Waals surface area contributed by atoms with Crippen LogP contribution in [-0.4, -0.2) is 6.17 Å². The maximum atomic E-state index is 11.0. The first kappa shape index (κ1) is 4.86. The van der Waals surface area contributed by atoms with Crippen LogP contribution in [0.15, 0.2) is 0 Å². The maximum Gasteiger partial charge on any atom is 0.165 e. The van der Waals surface area contributed by atoms with Crippen LogP contribution < -0.4 is 0 Å². The maximum absolute atomic E-state index is 11.0. The standard InChI is InChI=1S/C3H5F2/c1-3(5)2-4/h2-3H,1H3. The van der Waals surface area contributed by atoms with Crippen LogP contribution in [0.3, 0.4) is 0 Å². The Balaban J connectivity index is 2.54.